The first-order valence-corrected chi connectivity index (χ1v) is 55.1. The first-order valence-electron chi connectivity index (χ1n) is 55.1. The van der Waals surface area contributed by atoms with Crippen LogP contribution in [-0.2, 0) is 89.6 Å². The van der Waals surface area contributed by atoms with Crippen LogP contribution in [0.15, 0.2) is 146 Å². The lowest BCUT2D eigenvalue weighted by Gasteiger charge is -2.36. The third-order valence-corrected chi connectivity index (χ3v) is 35.3. The minimum Gasteiger partial charge on any atom is -0.453 e. The number of hydrogen-bond donors (Lipinski definition) is 6. The molecule has 8 bridgehead atoms. The number of fused-ring (bicyclic) bond motifs is 8. The van der Waals surface area contributed by atoms with Crippen molar-refractivity contribution in [1.82, 2.24) is 70.1 Å². The Kier molecular flexibility index (Phi) is 28.6. The Bertz CT molecular complexity index is 6560. The molecule has 764 valence electrons. The van der Waals surface area contributed by atoms with Crippen LogP contribution in [0.2, 0.25) is 0 Å². The molecular formula is C122H146N14O10. The van der Waals surface area contributed by atoms with Crippen LogP contribution in [0.3, 0.4) is 0 Å². The number of Topliss-reactive ketones (excluding diaryl/α,β-unsaturated/α-hetero) is 2. The van der Waals surface area contributed by atoms with E-state index in [0.717, 1.165) is 244 Å². The van der Waals surface area contributed by atoms with Crippen LogP contribution in [0.5, 0.6) is 0 Å². The largest absolute Gasteiger partial charge is 0.453 e. The van der Waals surface area contributed by atoms with Gasteiger partial charge in [-0.05, 0) is 327 Å². The van der Waals surface area contributed by atoms with Gasteiger partial charge in [-0.25, -0.2) is 29.5 Å². The molecule has 146 heavy (non-hydrogen) atoms. The summed E-state index contributed by atoms with van der Waals surface area (Å²) in [6, 6.07) is 53.0. The number of rotatable bonds is 22. The number of carbonyl (C=O) groups is 8. The number of aromatic amines is 4. The highest BCUT2D eigenvalue weighted by molar-refractivity contribution is 5.93. The molecule has 8 fully saturated rings. The number of nitrogens with zero attached hydrogens (tertiary/aromatic N) is 8. The quantitative estimate of drug-likeness (QED) is 0.0368. The molecule has 4 saturated heterocycles. The maximum Gasteiger partial charge on any atom is 0.407 e. The van der Waals surface area contributed by atoms with Crippen molar-refractivity contribution < 1.29 is 47.8 Å². The standard InChI is InChI=1S/2C61H73N7O5/c2*1-34(2)45(27-36(5)69)59(70)67-52-13-9-7-11-43(52)32-54(67)57-62-48-25-23-41(30-50(48)64-57)46-28-37-15-19-39(46)20-16-38-18-22-40(21-17-37)47(29-38)42-24-26-49-51(31-42)65-58(63-49)55-33-44-12-8-10-14-53(44)68(55)60(71)56(35(3)4)66-61(72)73-6/h2*15,18-19,22-26,28-31,34-35,43-45,52-56H,7-14,16-17,20-21,27,32-33H2,1-6H3,(H,62,64)(H,63,65)(H,66,72)/t43-,44-,45-,52-,53-,54-,55?,56-;43-,44-,45-,52-,53-,54-,55-,56-/m00/s1. The number of amides is 6. The molecule has 0 radical (unpaired) electrons. The van der Waals surface area contributed by atoms with E-state index < -0.39 is 24.3 Å². The molecule has 16 aliphatic rings. The summed E-state index contributed by atoms with van der Waals surface area (Å²) < 4.78 is 9.87. The Balaban J connectivity index is 0.000000172. The number of imidazole rings is 4. The van der Waals surface area contributed by atoms with Crippen molar-refractivity contribution >= 4 is 91.5 Å². The fraction of sp³-hybridized carbons (Fsp3) is 0.508. The monoisotopic (exact) mass is 1970 g/mol. The number of H-pyrrole nitrogens is 4. The SMILES string of the molecule is COC(=O)N[C@H](C(=O)N1C(c2nc3ccc(-c4cc5ccc4CCc4ccc(c(-c6ccc7nc([C@@H]8C[C@@H]9CCCC[C@@H]9N8C(=O)[C@@H](CC(C)=O)C(C)C)[nH]c7c6)c4)CC5)cc3[nH]2)C[C@@H]2CCCC[C@@H]21)C(C)C.COC(=O)N[C@H](C(=O)N1[C@H](c2nc3ccc(-c4cc5ccc4CCc4ccc(c(-c6ccc7nc([C@@H]8C[C@@H]9CCCC[C@@H]9N8C(=O)[C@@H](CC(C)=O)C(C)C)[nH]c7c6)c4)CC5)cc3[nH]2)C[C@@H]2CCCC[C@@H]21)C(C)C. The van der Waals surface area contributed by atoms with Crippen molar-refractivity contribution in [1.29, 1.82) is 0 Å². The van der Waals surface area contributed by atoms with Crippen molar-refractivity contribution in [3.05, 3.63) is 213 Å². The van der Waals surface area contributed by atoms with Crippen LogP contribution < -0.4 is 10.6 Å². The second kappa shape index (κ2) is 42.0. The molecule has 0 spiro atoms. The molecule has 24 nitrogen and oxygen atoms in total. The number of likely N-dealkylation sites (tertiary alicyclic amines) is 4. The predicted molar refractivity (Wildman–Crippen MR) is 571 cm³/mol. The molecule has 16 atom stereocenters. The number of ketones is 2. The van der Waals surface area contributed by atoms with Crippen molar-refractivity contribution in [3.63, 3.8) is 0 Å². The fourth-order valence-corrected chi connectivity index (χ4v) is 27.6. The lowest BCUT2D eigenvalue weighted by molar-refractivity contribution is -0.143. The summed E-state index contributed by atoms with van der Waals surface area (Å²) in [4.78, 5) is 152. The summed E-state index contributed by atoms with van der Waals surface area (Å²) in [5, 5.41) is 5.68. The molecule has 4 saturated carbocycles. The summed E-state index contributed by atoms with van der Waals surface area (Å²) in [7, 11) is 2.67. The van der Waals surface area contributed by atoms with Gasteiger partial charge in [0.15, 0.2) is 0 Å². The van der Waals surface area contributed by atoms with E-state index in [-0.39, 0.29) is 132 Å². The molecule has 4 aliphatic heterocycles. The van der Waals surface area contributed by atoms with E-state index in [1.165, 1.54) is 107 Å². The van der Waals surface area contributed by atoms with Crippen LogP contribution >= 0.6 is 0 Å². The van der Waals surface area contributed by atoms with Gasteiger partial charge in [-0.3, -0.25) is 19.2 Å². The van der Waals surface area contributed by atoms with Gasteiger partial charge >= 0.3 is 12.2 Å². The van der Waals surface area contributed by atoms with Gasteiger partial charge in [0, 0.05) is 48.8 Å². The molecule has 28 rings (SSSR count). The number of nitrogens with one attached hydrogen (secondary N) is 6. The first kappa shape index (κ1) is 99.4. The first-order chi connectivity index (χ1) is 70.6. The zero-order valence-corrected chi connectivity index (χ0v) is 87.3. The van der Waals surface area contributed by atoms with Gasteiger partial charge in [-0.1, -0.05) is 204 Å². The summed E-state index contributed by atoms with van der Waals surface area (Å²) in [5.74, 6) is 4.57. The smallest absolute Gasteiger partial charge is 0.407 e. The molecule has 12 aliphatic carbocycles. The van der Waals surface area contributed by atoms with Gasteiger partial charge in [0.2, 0.25) is 23.6 Å². The second-order valence-corrected chi connectivity index (χ2v) is 46.0. The number of ether oxygens (including phenoxy) is 2. The topological polar surface area (TPSA) is 307 Å². The third kappa shape index (κ3) is 19.9. The van der Waals surface area contributed by atoms with Gasteiger partial charge in [0.05, 0.1) is 82.5 Å². The van der Waals surface area contributed by atoms with Crippen molar-refractivity contribution in [2.75, 3.05) is 14.2 Å². The Morgan fingerprint density at radius 2 is 0.562 bits per heavy atom. The highest BCUT2D eigenvalue weighted by Gasteiger charge is 2.54. The van der Waals surface area contributed by atoms with Gasteiger partial charge in [-0.2, -0.15) is 0 Å². The number of methoxy groups -OCH3 is 2. The highest BCUT2D eigenvalue weighted by atomic mass is 16.5. The number of carbonyl (C=O) groups excluding carboxylic acids is 8. The van der Waals surface area contributed by atoms with Crippen LogP contribution in [-0.4, -0.2) is 157 Å². The highest BCUT2D eigenvalue weighted by Crippen LogP contribution is 2.54. The summed E-state index contributed by atoms with van der Waals surface area (Å²) >= 11 is 0. The number of aryl methyl sites for hydroxylation is 8. The number of hydrogen-bond acceptors (Lipinski definition) is 14. The van der Waals surface area contributed by atoms with E-state index in [1.54, 1.807) is 13.8 Å². The minimum absolute atomic E-state index is 0.0630. The third-order valence-electron chi connectivity index (χ3n) is 35.3. The number of benzene rings is 8. The van der Waals surface area contributed by atoms with Crippen molar-refractivity contribution in [2.24, 2.45) is 59.2 Å². The Morgan fingerprint density at radius 1 is 0.315 bits per heavy atom. The molecule has 8 heterocycles. The minimum atomic E-state index is -0.690. The summed E-state index contributed by atoms with van der Waals surface area (Å²) in [6.07, 6.45) is 27.5. The van der Waals surface area contributed by atoms with E-state index in [9.17, 15) is 38.4 Å². The average molecular weight is 1970 g/mol. The lowest BCUT2D eigenvalue weighted by atomic mass is 9.84. The van der Waals surface area contributed by atoms with E-state index in [1.807, 2.05) is 27.7 Å². The van der Waals surface area contributed by atoms with Gasteiger partial charge < -0.3 is 69.2 Å². The number of alkyl carbamates (subject to hydrolysis) is 2. The molecule has 6 amide bonds. The fourth-order valence-electron chi connectivity index (χ4n) is 27.6. The normalized spacial score (nSPS) is 23.6. The van der Waals surface area contributed by atoms with Crippen LogP contribution in [0.1, 0.15) is 302 Å². The van der Waals surface area contributed by atoms with Gasteiger partial charge in [0.25, 0.3) is 0 Å². The van der Waals surface area contributed by atoms with E-state index in [4.69, 9.17) is 29.4 Å². The Labute approximate surface area is 857 Å². The maximum absolute atomic E-state index is 14.5. The molecule has 24 heteroatoms. The van der Waals surface area contributed by atoms with E-state index in [0.29, 0.717) is 23.7 Å². The summed E-state index contributed by atoms with van der Waals surface area (Å²) in [6.45, 7) is 19.3. The number of aromatic nitrogens is 8. The van der Waals surface area contributed by atoms with Crippen LogP contribution in [0.4, 0.5) is 9.59 Å². The van der Waals surface area contributed by atoms with Crippen molar-refractivity contribution in [3.8, 4) is 44.5 Å². The zero-order valence-electron chi connectivity index (χ0n) is 87.3. The Hall–Kier alpha value is -12.6. The molecule has 6 N–H and O–H groups in total. The summed E-state index contributed by atoms with van der Waals surface area (Å²) in [5.41, 5.74) is 27.4. The van der Waals surface area contributed by atoms with E-state index >= 15 is 0 Å². The molecule has 4 aromatic heterocycles. The van der Waals surface area contributed by atoms with Gasteiger partial charge in [0.1, 0.15) is 46.9 Å². The van der Waals surface area contributed by atoms with Crippen LogP contribution in [0.25, 0.3) is 88.6 Å². The predicted octanol–water partition coefficient (Wildman–Crippen LogP) is 23.9. The van der Waals surface area contributed by atoms with Crippen LogP contribution in [0, 0.1) is 59.2 Å². The second-order valence-electron chi connectivity index (χ2n) is 46.0. The maximum atomic E-state index is 14.5. The molecule has 1 unspecified atom stereocenters. The van der Waals surface area contributed by atoms with Gasteiger partial charge in [-0.15, -0.1) is 0 Å². The zero-order chi connectivity index (χ0) is 101. The molecular weight excluding hydrogens is 1820 g/mol. The van der Waals surface area contributed by atoms with Crippen molar-refractivity contribution in [2.45, 2.75) is 322 Å². The molecule has 12 aromatic rings. The Morgan fingerprint density at radius 3 is 0.795 bits per heavy atom. The molecule has 8 aromatic carbocycles. The average Bonchev–Trinajstić information content (AvgIpc) is 1.61. The van der Waals surface area contributed by atoms with E-state index in [2.05, 4.69) is 223 Å². The lowest BCUT2D eigenvalue weighted by Crippen LogP contribution is -2.53.